The van der Waals surface area contributed by atoms with Gasteiger partial charge in [0, 0.05) is 5.56 Å². The fourth-order valence-electron chi connectivity index (χ4n) is 3.86. The van der Waals surface area contributed by atoms with Crippen LogP contribution in [0.15, 0.2) is 18.2 Å². The number of methoxy groups -OCH3 is 1. The van der Waals surface area contributed by atoms with Crippen LogP contribution in [-0.2, 0) is 0 Å². The van der Waals surface area contributed by atoms with Crippen molar-refractivity contribution in [1.82, 2.24) is 0 Å². The highest BCUT2D eigenvalue weighted by Crippen LogP contribution is 2.48. The molecule has 1 aromatic carbocycles. The van der Waals surface area contributed by atoms with E-state index in [4.69, 9.17) is 15.2 Å². The Bertz CT molecular complexity index is 466. The molecule has 3 heteroatoms. The first-order valence-corrected chi connectivity index (χ1v) is 7.83. The van der Waals surface area contributed by atoms with Crippen LogP contribution in [-0.4, -0.2) is 19.3 Å². The zero-order valence-electron chi connectivity index (χ0n) is 12.4. The lowest BCUT2D eigenvalue weighted by molar-refractivity contribution is 0.000527. The summed E-state index contributed by atoms with van der Waals surface area (Å²) >= 11 is 0. The van der Waals surface area contributed by atoms with Crippen molar-refractivity contribution in [2.24, 2.45) is 5.73 Å². The van der Waals surface area contributed by atoms with Gasteiger partial charge in [0.1, 0.15) is 17.1 Å². The second-order valence-electron chi connectivity index (χ2n) is 6.23. The first kappa shape index (κ1) is 13.7. The highest BCUT2D eigenvalue weighted by atomic mass is 16.5. The molecule has 1 spiro atoms. The molecule has 0 amide bonds. The van der Waals surface area contributed by atoms with Gasteiger partial charge in [0.05, 0.1) is 7.11 Å². The minimum atomic E-state index is 0.0691. The van der Waals surface area contributed by atoms with Crippen LogP contribution in [0.5, 0.6) is 11.5 Å². The highest BCUT2D eigenvalue weighted by molar-refractivity contribution is 5.44. The van der Waals surface area contributed by atoms with E-state index in [9.17, 15) is 0 Å². The lowest BCUT2D eigenvalue weighted by atomic mass is 9.73. The van der Waals surface area contributed by atoms with Gasteiger partial charge in [-0.2, -0.15) is 0 Å². The molecule has 1 aliphatic heterocycles. The van der Waals surface area contributed by atoms with Crippen molar-refractivity contribution < 1.29 is 9.47 Å². The molecule has 2 N–H and O–H groups in total. The molecule has 1 unspecified atom stereocenters. The predicted octanol–water partition coefficient (Wildman–Crippen LogP) is 3.61. The molecule has 1 atom stereocenters. The van der Waals surface area contributed by atoms with Crippen LogP contribution >= 0.6 is 0 Å². The van der Waals surface area contributed by atoms with Crippen LogP contribution in [0.2, 0.25) is 0 Å². The molecule has 0 saturated heterocycles. The molecule has 0 bridgehead atoms. The van der Waals surface area contributed by atoms with Crippen LogP contribution < -0.4 is 15.2 Å². The molecule has 3 nitrogen and oxygen atoms in total. The Morgan fingerprint density at radius 2 is 2.10 bits per heavy atom. The summed E-state index contributed by atoms with van der Waals surface area (Å²) in [5.74, 6) is 2.48. The summed E-state index contributed by atoms with van der Waals surface area (Å²) in [6.07, 6.45) is 8.47. The van der Waals surface area contributed by atoms with Crippen molar-refractivity contribution >= 4 is 0 Å². The van der Waals surface area contributed by atoms with Crippen LogP contribution in [0.25, 0.3) is 0 Å². The topological polar surface area (TPSA) is 44.5 Å². The van der Waals surface area contributed by atoms with Gasteiger partial charge in [0.15, 0.2) is 0 Å². The van der Waals surface area contributed by atoms with E-state index in [0.717, 1.165) is 30.9 Å². The quantitative estimate of drug-likeness (QED) is 0.916. The van der Waals surface area contributed by atoms with Gasteiger partial charge in [0.2, 0.25) is 0 Å². The normalized spacial score (nSPS) is 24.0. The van der Waals surface area contributed by atoms with Crippen molar-refractivity contribution in [2.45, 2.75) is 56.5 Å². The number of fused-ring (bicyclic) bond motifs is 1. The van der Waals surface area contributed by atoms with Gasteiger partial charge >= 0.3 is 0 Å². The summed E-state index contributed by atoms with van der Waals surface area (Å²) in [5.41, 5.74) is 7.19. The van der Waals surface area contributed by atoms with Crippen molar-refractivity contribution in [3.8, 4) is 11.5 Å². The molecule has 0 radical (unpaired) electrons. The molecule has 1 saturated carbocycles. The Morgan fingerprint density at radius 1 is 1.30 bits per heavy atom. The van der Waals surface area contributed by atoms with Crippen molar-refractivity contribution in [3.63, 3.8) is 0 Å². The van der Waals surface area contributed by atoms with Gasteiger partial charge in [-0.1, -0.05) is 6.42 Å². The fourth-order valence-corrected chi connectivity index (χ4v) is 3.86. The molecular formula is C17H25NO2. The number of benzene rings is 1. The monoisotopic (exact) mass is 275 g/mol. The van der Waals surface area contributed by atoms with Gasteiger partial charge in [-0.15, -0.1) is 0 Å². The molecule has 1 aromatic rings. The van der Waals surface area contributed by atoms with Crippen molar-refractivity contribution in [1.29, 1.82) is 0 Å². The third-order valence-corrected chi connectivity index (χ3v) is 4.88. The molecule has 3 rings (SSSR count). The Balaban J connectivity index is 1.93. The van der Waals surface area contributed by atoms with Gasteiger partial charge in [-0.3, -0.25) is 0 Å². The van der Waals surface area contributed by atoms with E-state index in [-0.39, 0.29) is 5.60 Å². The van der Waals surface area contributed by atoms with Crippen LogP contribution in [0.1, 0.15) is 56.4 Å². The largest absolute Gasteiger partial charge is 0.497 e. The average molecular weight is 275 g/mol. The van der Waals surface area contributed by atoms with Crippen LogP contribution in [0.4, 0.5) is 0 Å². The molecular weight excluding hydrogens is 250 g/mol. The van der Waals surface area contributed by atoms with E-state index in [1.165, 1.54) is 37.7 Å². The van der Waals surface area contributed by atoms with E-state index >= 15 is 0 Å². The Labute approximate surface area is 121 Å². The number of nitrogens with two attached hydrogens (primary N) is 1. The number of rotatable bonds is 3. The third-order valence-electron chi connectivity index (χ3n) is 4.88. The summed E-state index contributed by atoms with van der Waals surface area (Å²) in [5, 5.41) is 0. The van der Waals surface area contributed by atoms with Gasteiger partial charge in [0.25, 0.3) is 0 Å². The third kappa shape index (κ3) is 2.51. The zero-order chi connectivity index (χ0) is 14.0. The smallest absolute Gasteiger partial charge is 0.123 e. The first-order chi connectivity index (χ1) is 9.76. The van der Waals surface area contributed by atoms with Crippen LogP contribution in [0.3, 0.4) is 0 Å². The molecule has 1 heterocycles. The highest BCUT2D eigenvalue weighted by Gasteiger charge is 2.41. The van der Waals surface area contributed by atoms with Crippen molar-refractivity contribution in [2.75, 3.05) is 13.7 Å². The average Bonchev–Trinajstić information content (AvgIpc) is 2.48. The van der Waals surface area contributed by atoms with E-state index in [2.05, 4.69) is 12.1 Å². The molecule has 20 heavy (non-hydrogen) atoms. The summed E-state index contributed by atoms with van der Waals surface area (Å²) in [7, 11) is 1.71. The summed E-state index contributed by atoms with van der Waals surface area (Å²) in [4.78, 5) is 0. The molecule has 1 fully saturated rings. The Morgan fingerprint density at radius 3 is 2.80 bits per heavy atom. The number of ether oxygens (including phenoxy) is 2. The second kappa shape index (κ2) is 5.65. The lowest BCUT2D eigenvalue weighted by Crippen LogP contribution is -2.43. The molecule has 1 aliphatic carbocycles. The van der Waals surface area contributed by atoms with E-state index in [1.54, 1.807) is 7.11 Å². The molecule has 110 valence electrons. The minimum absolute atomic E-state index is 0.0691. The maximum Gasteiger partial charge on any atom is 0.123 e. The summed E-state index contributed by atoms with van der Waals surface area (Å²) in [6.45, 7) is 0.734. The van der Waals surface area contributed by atoms with Gasteiger partial charge in [-0.25, -0.2) is 0 Å². The van der Waals surface area contributed by atoms with Gasteiger partial charge < -0.3 is 15.2 Å². The second-order valence-corrected chi connectivity index (χ2v) is 6.23. The number of hydrogen-bond acceptors (Lipinski definition) is 3. The lowest BCUT2D eigenvalue weighted by Gasteiger charge is -2.44. The van der Waals surface area contributed by atoms with E-state index < -0.39 is 0 Å². The molecule has 2 aliphatic rings. The molecule has 0 aromatic heterocycles. The maximum atomic E-state index is 6.44. The summed E-state index contributed by atoms with van der Waals surface area (Å²) < 4.78 is 11.8. The summed E-state index contributed by atoms with van der Waals surface area (Å²) in [6, 6.07) is 6.21. The van der Waals surface area contributed by atoms with Crippen molar-refractivity contribution in [3.05, 3.63) is 23.8 Å². The van der Waals surface area contributed by atoms with Crippen LogP contribution in [0, 0.1) is 0 Å². The minimum Gasteiger partial charge on any atom is -0.497 e. The first-order valence-electron chi connectivity index (χ1n) is 7.83. The van der Waals surface area contributed by atoms with Gasteiger partial charge in [-0.05, 0) is 69.2 Å². The maximum absolute atomic E-state index is 6.44. The predicted molar refractivity (Wildman–Crippen MR) is 80.5 cm³/mol. The fraction of sp³-hybridized carbons (Fsp3) is 0.647. The standard InChI is InChI=1S/C17H25NO2/c1-19-14-5-6-16-15(11-14)13(7-10-18)12-17(20-16)8-3-2-4-9-17/h5-6,11,13H,2-4,7-10,12,18H2,1H3. The Hall–Kier alpha value is -1.22. The Kier molecular flexibility index (Phi) is 3.88. The van der Waals surface area contributed by atoms with E-state index in [1.807, 2.05) is 6.07 Å². The SMILES string of the molecule is COc1ccc2c(c1)C(CCN)CC1(CCCCC1)O2. The number of hydrogen-bond donors (Lipinski definition) is 1. The van der Waals surface area contributed by atoms with E-state index in [0.29, 0.717) is 5.92 Å². The zero-order valence-corrected chi connectivity index (χ0v) is 12.4.